The minimum Gasteiger partial charge on any atom is -0.370 e. The first kappa shape index (κ1) is 13.9. The van der Waals surface area contributed by atoms with E-state index in [1.807, 2.05) is 6.92 Å². The average Bonchev–Trinajstić information content (AvgIpc) is 2.30. The molecule has 1 saturated carbocycles. The summed E-state index contributed by atoms with van der Waals surface area (Å²) in [7, 11) is 0. The van der Waals surface area contributed by atoms with E-state index in [1.165, 1.54) is 6.07 Å². The summed E-state index contributed by atoms with van der Waals surface area (Å²) in [6.45, 7) is 2.52. The minimum absolute atomic E-state index is 0.214. The molecule has 2 rings (SSSR count). The minimum atomic E-state index is -4.53. The Morgan fingerprint density at radius 2 is 1.95 bits per heavy atom. The van der Waals surface area contributed by atoms with E-state index >= 15 is 0 Å². The molecule has 0 aromatic carbocycles. The van der Waals surface area contributed by atoms with Crippen LogP contribution in [0.4, 0.5) is 24.8 Å². The first-order valence-corrected chi connectivity index (χ1v) is 6.45. The smallest absolute Gasteiger partial charge is 0.370 e. The zero-order valence-corrected chi connectivity index (χ0v) is 10.7. The number of nitrogens with one attached hydrogen (secondary N) is 2. The third-order valence-electron chi connectivity index (χ3n) is 2.99. The van der Waals surface area contributed by atoms with Crippen LogP contribution < -0.4 is 10.6 Å². The van der Waals surface area contributed by atoms with Crippen molar-refractivity contribution >= 4 is 11.6 Å². The number of hydrogen-bond donors (Lipinski definition) is 2. The molecule has 1 heterocycles. The van der Waals surface area contributed by atoms with Gasteiger partial charge in [0.25, 0.3) is 0 Å². The van der Waals surface area contributed by atoms with E-state index in [0.717, 1.165) is 25.7 Å². The maximum Gasteiger partial charge on any atom is 0.451 e. The van der Waals surface area contributed by atoms with E-state index in [1.54, 1.807) is 0 Å². The zero-order valence-electron chi connectivity index (χ0n) is 10.7. The number of hydrogen-bond acceptors (Lipinski definition) is 4. The SMILES string of the molecule is CCCNc1cc(NC2CCC2)nc(C(F)(F)F)n1. The Labute approximate surface area is 109 Å². The molecule has 1 aliphatic rings. The van der Waals surface area contributed by atoms with E-state index < -0.39 is 12.0 Å². The number of alkyl halides is 3. The van der Waals surface area contributed by atoms with Gasteiger partial charge in [-0.2, -0.15) is 13.2 Å². The Bertz CT molecular complexity index is 429. The molecule has 0 spiro atoms. The number of rotatable bonds is 5. The number of aromatic nitrogens is 2. The molecule has 1 aliphatic carbocycles. The monoisotopic (exact) mass is 274 g/mol. The summed E-state index contributed by atoms with van der Waals surface area (Å²) >= 11 is 0. The molecule has 2 N–H and O–H groups in total. The molecule has 4 nitrogen and oxygen atoms in total. The van der Waals surface area contributed by atoms with Crippen molar-refractivity contribution < 1.29 is 13.2 Å². The standard InChI is InChI=1S/C12H17F3N4/c1-2-6-16-9-7-10(17-8-4-3-5-8)19-11(18-9)12(13,14)15/h7-8H,2-6H2,1H3,(H2,16,17,18,19). The molecular weight excluding hydrogens is 257 g/mol. The molecule has 0 amide bonds. The van der Waals surface area contributed by atoms with Gasteiger partial charge >= 0.3 is 6.18 Å². The van der Waals surface area contributed by atoms with Crippen molar-refractivity contribution in [1.82, 2.24) is 9.97 Å². The van der Waals surface area contributed by atoms with Gasteiger partial charge in [-0.1, -0.05) is 6.92 Å². The average molecular weight is 274 g/mol. The summed E-state index contributed by atoms with van der Waals surface area (Å²) < 4.78 is 38.2. The van der Waals surface area contributed by atoms with E-state index in [0.29, 0.717) is 6.54 Å². The molecule has 1 aromatic rings. The lowest BCUT2D eigenvalue weighted by atomic mass is 9.93. The van der Waals surface area contributed by atoms with Gasteiger partial charge in [0.1, 0.15) is 11.6 Å². The van der Waals surface area contributed by atoms with Crippen LogP contribution in [-0.2, 0) is 6.18 Å². The molecule has 19 heavy (non-hydrogen) atoms. The molecular formula is C12H17F3N4. The second-order valence-electron chi connectivity index (χ2n) is 4.66. The first-order chi connectivity index (χ1) is 8.99. The lowest BCUT2D eigenvalue weighted by Gasteiger charge is -2.27. The van der Waals surface area contributed by atoms with Crippen LogP contribution in [0.5, 0.6) is 0 Å². The fourth-order valence-electron chi connectivity index (χ4n) is 1.75. The van der Waals surface area contributed by atoms with Crippen molar-refractivity contribution in [3.63, 3.8) is 0 Å². The first-order valence-electron chi connectivity index (χ1n) is 6.45. The van der Waals surface area contributed by atoms with Crippen molar-refractivity contribution in [1.29, 1.82) is 0 Å². The molecule has 0 unspecified atom stereocenters. The highest BCUT2D eigenvalue weighted by atomic mass is 19.4. The summed E-state index contributed by atoms with van der Waals surface area (Å²) in [6, 6.07) is 1.76. The van der Waals surface area contributed by atoms with Crippen LogP contribution in [0.3, 0.4) is 0 Å². The topological polar surface area (TPSA) is 49.8 Å². The molecule has 106 valence electrons. The maximum absolute atomic E-state index is 12.7. The summed E-state index contributed by atoms with van der Waals surface area (Å²) in [6.07, 6.45) is -0.654. The highest BCUT2D eigenvalue weighted by Gasteiger charge is 2.35. The highest BCUT2D eigenvalue weighted by Crippen LogP contribution is 2.29. The number of nitrogens with zero attached hydrogens (tertiary/aromatic N) is 2. The van der Waals surface area contributed by atoms with Crippen molar-refractivity contribution in [2.24, 2.45) is 0 Å². The van der Waals surface area contributed by atoms with Crippen molar-refractivity contribution in [3.05, 3.63) is 11.9 Å². The molecule has 0 saturated heterocycles. The molecule has 1 fully saturated rings. The quantitative estimate of drug-likeness (QED) is 0.865. The summed E-state index contributed by atoms with van der Waals surface area (Å²) in [5.74, 6) is -0.646. The van der Waals surface area contributed by atoms with E-state index in [-0.39, 0.29) is 17.7 Å². The number of anilines is 2. The van der Waals surface area contributed by atoms with Crippen molar-refractivity contribution in [2.45, 2.75) is 44.8 Å². The Hall–Kier alpha value is -1.53. The maximum atomic E-state index is 12.7. The predicted octanol–water partition coefficient (Wildman–Crippen LogP) is 3.28. The lowest BCUT2D eigenvalue weighted by molar-refractivity contribution is -0.144. The van der Waals surface area contributed by atoms with E-state index in [9.17, 15) is 13.2 Å². The Balaban J connectivity index is 2.19. The number of halogens is 3. The van der Waals surface area contributed by atoms with Gasteiger partial charge in [0.05, 0.1) is 0 Å². The van der Waals surface area contributed by atoms with Crippen LogP contribution in [0.25, 0.3) is 0 Å². The molecule has 1 aromatic heterocycles. The zero-order chi connectivity index (χ0) is 13.9. The lowest BCUT2D eigenvalue weighted by Crippen LogP contribution is -2.28. The molecule has 0 radical (unpaired) electrons. The fraction of sp³-hybridized carbons (Fsp3) is 0.667. The van der Waals surface area contributed by atoms with E-state index in [4.69, 9.17) is 0 Å². The Kier molecular flexibility index (Phi) is 4.11. The van der Waals surface area contributed by atoms with Gasteiger partial charge in [0, 0.05) is 18.7 Å². The molecule has 0 aliphatic heterocycles. The van der Waals surface area contributed by atoms with Crippen LogP contribution in [0.2, 0.25) is 0 Å². The largest absolute Gasteiger partial charge is 0.451 e. The van der Waals surface area contributed by atoms with Gasteiger partial charge in [0.2, 0.25) is 5.82 Å². The van der Waals surface area contributed by atoms with Crippen LogP contribution in [0.15, 0.2) is 6.07 Å². The fourth-order valence-corrected chi connectivity index (χ4v) is 1.75. The summed E-state index contributed by atoms with van der Waals surface area (Å²) in [4.78, 5) is 7.05. The second kappa shape index (κ2) is 5.63. The third-order valence-corrected chi connectivity index (χ3v) is 2.99. The van der Waals surface area contributed by atoms with Crippen LogP contribution in [0.1, 0.15) is 38.4 Å². The van der Waals surface area contributed by atoms with E-state index in [2.05, 4.69) is 20.6 Å². The van der Waals surface area contributed by atoms with Gasteiger partial charge < -0.3 is 10.6 Å². The molecule has 7 heteroatoms. The van der Waals surface area contributed by atoms with Crippen LogP contribution in [0, 0.1) is 0 Å². The summed E-state index contributed by atoms with van der Waals surface area (Å²) in [5, 5.41) is 5.88. The molecule has 0 bridgehead atoms. The van der Waals surface area contributed by atoms with Gasteiger partial charge in [-0.3, -0.25) is 0 Å². The predicted molar refractivity (Wildman–Crippen MR) is 67.1 cm³/mol. The van der Waals surface area contributed by atoms with Crippen molar-refractivity contribution in [3.8, 4) is 0 Å². The van der Waals surface area contributed by atoms with Gasteiger partial charge in [-0.15, -0.1) is 0 Å². The van der Waals surface area contributed by atoms with Crippen LogP contribution in [-0.4, -0.2) is 22.6 Å². The van der Waals surface area contributed by atoms with Gasteiger partial charge in [-0.25, -0.2) is 9.97 Å². The second-order valence-corrected chi connectivity index (χ2v) is 4.66. The van der Waals surface area contributed by atoms with Gasteiger partial charge in [0.15, 0.2) is 0 Å². The van der Waals surface area contributed by atoms with Crippen LogP contribution >= 0.6 is 0 Å². The third kappa shape index (κ3) is 3.71. The Morgan fingerprint density at radius 3 is 2.47 bits per heavy atom. The highest BCUT2D eigenvalue weighted by molar-refractivity contribution is 5.48. The normalized spacial score (nSPS) is 16.0. The van der Waals surface area contributed by atoms with Crippen molar-refractivity contribution in [2.75, 3.05) is 17.2 Å². The Morgan fingerprint density at radius 1 is 1.26 bits per heavy atom. The molecule has 0 atom stereocenters. The van der Waals surface area contributed by atoms with Gasteiger partial charge in [-0.05, 0) is 25.7 Å². The summed E-state index contributed by atoms with van der Waals surface area (Å²) in [5.41, 5.74) is 0.